The molecule has 0 atom stereocenters. The van der Waals surface area contributed by atoms with E-state index >= 15 is 0 Å². The van der Waals surface area contributed by atoms with Gasteiger partial charge in [-0.05, 0) is 12.8 Å². The molecular formula is C21H33N3O5. The van der Waals surface area contributed by atoms with Crippen molar-refractivity contribution in [1.29, 1.82) is 0 Å². The van der Waals surface area contributed by atoms with Gasteiger partial charge in [-0.3, -0.25) is 25.0 Å². The number of nitrogens with two attached hydrogens (primary N) is 1. The summed E-state index contributed by atoms with van der Waals surface area (Å²) in [5, 5.41) is 22.3. The molecule has 0 radical (unpaired) electrons. The number of benzene rings is 1. The molecule has 162 valence electrons. The summed E-state index contributed by atoms with van der Waals surface area (Å²) in [6.07, 6.45) is 14.3. The van der Waals surface area contributed by atoms with Crippen molar-refractivity contribution in [3.05, 3.63) is 43.5 Å². The van der Waals surface area contributed by atoms with E-state index in [0.717, 1.165) is 31.4 Å². The van der Waals surface area contributed by atoms with Crippen molar-refractivity contribution in [3.63, 3.8) is 0 Å². The molecular weight excluding hydrogens is 374 g/mol. The smallest absolute Gasteiger partial charge is 0.280 e. The molecule has 0 spiro atoms. The highest BCUT2D eigenvalue weighted by atomic mass is 16.6. The van der Waals surface area contributed by atoms with E-state index in [1.54, 1.807) is 0 Å². The molecule has 0 aliphatic heterocycles. The van der Waals surface area contributed by atoms with Crippen LogP contribution in [-0.2, 0) is 6.42 Å². The standard InChI is InChI=1S/C21H33N3O5/c1-2-3-4-5-6-7-8-9-10-11-12-13-14-18-19(21(22)25)15-17(23(26)27)16-20(18)24(28)29/h15-16H,2-14H2,1H3,(H2,22,25). The Bertz CT molecular complexity index is 656. The molecule has 8 heteroatoms. The van der Waals surface area contributed by atoms with Crippen LogP contribution >= 0.6 is 0 Å². The fourth-order valence-corrected chi connectivity index (χ4v) is 3.54. The quantitative estimate of drug-likeness (QED) is 0.209. The lowest BCUT2D eigenvalue weighted by molar-refractivity contribution is -0.394. The second-order valence-corrected chi connectivity index (χ2v) is 7.51. The third-order valence-electron chi connectivity index (χ3n) is 5.16. The number of nitro groups is 2. The topological polar surface area (TPSA) is 129 Å². The summed E-state index contributed by atoms with van der Waals surface area (Å²) < 4.78 is 0. The zero-order chi connectivity index (χ0) is 21.6. The van der Waals surface area contributed by atoms with Crippen LogP contribution in [0.15, 0.2) is 12.1 Å². The summed E-state index contributed by atoms with van der Waals surface area (Å²) >= 11 is 0. The maximum atomic E-state index is 11.7. The second-order valence-electron chi connectivity index (χ2n) is 7.51. The molecule has 0 aromatic heterocycles. The van der Waals surface area contributed by atoms with Gasteiger partial charge in [-0.25, -0.2) is 0 Å². The Morgan fingerprint density at radius 1 is 0.828 bits per heavy atom. The summed E-state index contributed by atoms with van der Waals surface area (Å²) in [5.74, 6) is -0.884. The molecule has 8 nitrogen and oxygen atoms in total. The largest absolute Gasteiger partial charge is 0.366 e. The maximum absolute atomic E-state index is 11.7. The normalized spacial score (nSPS) is 10.8. The van der Waals surface area contributed by atoms with Crippen LogP contribution in [0.4, 0.5) is 11.4 Å². The molecule has 1 aromatic carbocycles. The molecule has 29 heavy (non-hydrogen) atoms. The number of carbonyl (C=O) groups excluding carboxylic acids is 1. The van der Waals surface area contributed by atoms with Crippen LogP contribution < -0.4 is 5.73 Å². The van der Waals surface area contributed by atoms with E-state index < -0.39 is 27.1 Å². The number of rotatable bonds is 16. The Balaban J connectivity index is 2.45. The van der Waals surface area contributed by atoms with E-state index in [9.17, 15) is 25.0 Å². The molecule has 0 saturated carbocycles. The lowest BCUT2D eigenvalue weighted by Crippen LogP contribution is -2.15. The fraction of sp³-hybridized carbons (Fsp3) is 0.667. The average molecular weight is 408 g/mol. The Morgan fingerprint density at radius 2 is 1.31 bits per heavy atom. The molecule has 0 saturated heterocycles. The van der Waals surface area contributed by atoms with E-state index in [4.69, 9.17) is 5.73 Å². The van der Waals surface area contributed by atoms with Gasteiger partial charge in [0.2, 0.25) is 5.91 Å². The van der Waals surface area contributed by atoms with Crippen LogP contribution in [0.5, 0.6) is 0 Å². The van der Waals surface area contributed by atoms with E-state index in [1.807, 2.05) is 0 Å². The van der Waals surface area contributed by atoms with Crippen molar-refractivity contribution in [3.8, 4) is 0 Å². The molecule has 0 fully saturated rings. The SMILES string of the molecule is CCCCCCCCCCCCCCc1c(C(N)=O)cc([N+](=O)[O-])cc1[N+](=O)[O-]. The zero-order valence-corrected chi connectivity index (χ0v) is 17.4. The van der Waals surface area contributed by atoms with Gasteiger partial charge in [-0.15, -0.1) is 0 Å². The van der Waals surface area contributed by atoms with Gasteiger partial charge in [0, 0.05) is 11.6 Å². The molecule has 0 unspecified atom stereocenters. The highest BCUT2D eigenvalue weighted by Gasteiger charge is 2.25. The monoisotopic (exact) mass is 407 g/mol. The number of amides is 1. The van der Waals surface area contributed by atoms with Crippen LogP contribution in [0.1, 0.15) is 99.9 Å². The molecule has 0 bridgehead atoms. The number of hydrogen-bond acceptors (Lipinski definition) is 5. The number of non-ortho nitro benzene ring substituents is 1. The number of primary amides is 1. The van der Waals surface area contributed by atoms with E-state index in [0.29, 0.717) is 12.8 Å². The lowest BCUT2D eigenvalue weighted by atomic mass is 9.97. The van der Waals surface area contributed by atoms with Crippen LogP contribution in [0.2, 0.25) is 0 Å². The minimum atomic E-state index is -0.884. The van der Waals surface area contributed by atoms with Crippen molar-refractivity contribution in [1.82, 2.24) is 0 Å². The molecule has 1 amide bonds. The number of nitro benzene ring substituents is 2. The van der Waals surface area contributed by atoms with Crippen molar-refractivity contribution in [2.24, 2.45) is 5.73 Å². The van der Waals surface area contributed by atoms with E-state index in [1.165, 1.54) is 51.4 Å². The minimum absolute atomic E-state index is 0.131. The first kappa shape index (κ1) is 24.5. The van der Waals surface area contributed by atoms with Crippen molar-refractivity contribution in [2.45, 2.75) is 90.4 Å². The minimum Gasteiger partial charge on any atom is -0.366 e. The Labute approximate surface area is 172 Å². The fourth-order valence-electron chi connectivity index (χ4n) is 3.54. The summed E-state index contributed by atoms with van der Waals surface area (Å²) in [7, 11) is 0. The first-order valence-corrected chi connectivity index (χ1v) is 10.6. The predicted molar refractivity (Wildman–Crippen MR) is 113 cm³/mol. The number of hydrogen-bond donors (Lipinski definition) is 1. The van der Waals surface area contributed by atoms with Gasteiger partial charge in [0.15, 0.2) is 0 Å². The Morgan fingerprint density at radius 3 is 1.72 bits per heavy atom. The second kappa shape index (κ2) is 13.6. The van der Waals surface area contributed by atoms with E-state index in [-0.39, 0.29) is 11.1 Å². The van der Waals surface area contributed by atoms with Gasteiger partial charge in [0.1, 0.15) is 0 Å². The first-order valence-electron chi connectivity index (χ1n) is 10.6. The summed E-state index contributed by atoms with van der Waals surface area (Å²) in [5.41, 5.74) is 4.47. The lowest BCUT2D eigenvalue weighted by Gasteiger charge is -2.08. The van der Waals surface area contributed by atoms with Gasteiger partial charge in [-0.1, -0.05) is 77.6 Å². The van der Waals surface area contributed by atoms with Crippen LogP contribution in [0, 0.1) is 20.2 Å². The van der Waals surface area contributed by atoms with Crippen molar-refractivity contribution < 1.29 is 14.6 Å². The molecule has 2 N–H and O–H groups in total. The summed E-state index contributed by atoms with van der Waals surface area (Å²) in [4.78, 5) is 32.5. The number of unbranched alkanes of at least 4 members (excludes halogenated alkanes) is 11. The highest BCUT2D eigenvalue weighted by molar-refractivity contribution is 5.96. The van der Waals surface area contributed by atoms with Crippen molar-refractivity contribution >= 4 is 17.3 Å². The molecule has 1 aromatic rings. The molecule has 0 aliphatic carbocycles. The third kappa shape index (κ3) is 9.02. The maximum Gasteiger partial charge on any atom is 0.280 e. The van der Waals surface area contributed by atoms with E-state index in [2.05, 4.69) is 6.92 Å². The molecule has 0 aliphatic rings. The summed E-state index contributed by atoms with van der Waals surface area (Å²) in [6.45, 7) is 2.22. The van der Waals surface area contributed by atoms with Gasteiger partial charge in [0.05, 0.1) is 21.5 Å². The Hall–Kier alpha value is -2.51. The van der Waals surface area contributed by atoms with Crippen molar-refractivity contribution in [2.75, 3.05) is 0 Å². The summed E-state index contributed by atoms with van der Waals surface area (Å²) in [6, 6.07) is 1.94. The predicted octanol–water partition coefficient (Wildman–Crippen LogP) is 5.85. The number of nitrogens with zero attached hydrogens (tertiary/aromatic N) is 2. The molecule has 1 rings (SSSR count). The highest BCUT2D eigenvalue weighted by Crippen LogP contribution is 2.30. The third-order valence-corrected chi connectivity index (χ3v) is 5.16. The first-order chi connectivity index (χ1) is 13.9. The van der Waals surface area contributed by atoms with Gasteiger partial charge < -0.3 is 5.73 Å². The number of carbonyl (C=O) groups is 1. The van der Waals surface area contributed by atoms with Crippen LogP contribution in [-0.4, -0.2) is 15.8 Å². The average Bonchev–Trinajstić information content (AvgIpc) is 2.68. The van der Waals surface area contributed by atoms with Gasteiger partial charge >= 0.3 is 0 Å². The van der Waals surface area contributed by atoms with Crippen LogP contribution in [0.3, 0.4) is 0 Å². The zero-order valence-electron chi connectivity index (χ0n) is 17.4. The van der Waals surface area contributed by atoms with Crippen LogP contribution in [0.25, 0.3) is 0 Å². The van der Waals surface area contributed by atoms with Gasteiger partial charge in [0.25, 0.3) is 11.4 Å². The Kier molecular flexibility index (Phi) is 11.5. The van der Waals surface area contributed by atoms with Gasteiger partial charge in [-0.2, -0.15) is 0 Å². The molecule has 0 heterocycles.